The summed E-state index contributed by atoms with van der Waals surface area (Å²) < 4.78 is 30.3. The Kier molecular flexibility index (Phi) is 12.3. The van der Waals surface area contributed by atoms with Gasteiger partial charge in [-0.3, -0.25) is 0 Å². The van der Waals surface area contributed by atoms with Gasteiger partial charge >= 0.3 is 0 Å². The number of ether oxygens (including phenoxy) is 2. The van der Waals surface area contributed by atoms with Crippen molar-refractivity contribution in [2.75, 3.05) is 80.4 Å². The molecule has 0 bridgehead atoms. The number of fused-ring (bicyclic) bond motifs is 3. The number of hydrogen-bond acceptors (Lipinski definition) is 8. The van der Waals surface area contributed by atoms with Crippen molar-refractivity contribution in [3.8, 4) is 33.8 Å². The zero-order valence-corrected chi connectivity index (χ0v) is 37.0. The van der Waals surface area contributed by atoms with Crippen LogP contribution in [-0.2, 0) is 9.47 Å². The maximum absolute atomic E-state index is 13.3. The van der Waals surface area contributed by atoms with E-state index in [1.54, 1.807) is 0 Å². The van der Waals surface area contributed by atoms with Crippen LogP contribution in [0, 0.1) is 13.8 Å². The van der Waals surface area contributed by atoms with Gasteiger partial charge in [0.05, 0.1) is 43.5 Å². The summed E-state index contributed by atoms with van der Waals surface area (Å²) in [6.45, 7) is 12.5. The molecule has 11 nitrogen and oxygen atoms in total. The van der Waals surface area contributed by atoms with Crippen LogP contribution in [0.2, 0.25) is 0 Å². The Bertz CT molecular complexity index is 3000. The number of rotatable bonds is 6. The van der Waals surface area contributed by atoms with Crippen molar-refractivity contribution in [3.63, 3.8) is 0 Å². The van der Waals surface area contributed by atoms with Crippen LogP contribution in [0.5, 0.6) is 0 Å². The molecular weight excluding hydrogens is 814 g/mol. The topological polar surface area (TPSA) is 80.1 Å². The SMILES string of the molecule is Cc1ccc(-c2cn3ccc(N4CCOCC4)cc3n2)cc1.Cc1cccc(-c2cn3ccc(N4CCOCC4)cc3n2)c1.F[C@H]1CCN(c2ccn3cc(-c4ccccc4)nc3c2)C1. The summed E-state index contributed by atoms with van der Waals surface area (Å²) in [5.41, 5.74) is 15.3. The highest BCUT2D eigenvalue weighted by Crippen LogP contribution is 2.27. The van der Waals surface area contributed by atoms with Gasteiger partial charge < -0.3 is 37.4 Å². The Morgan fingerprint density at radius 1 is 0.462 bits per heavy atom. The maximum Gasteiger partial charge on any atom is 0.139 e. The van der Waals surface area contributed by atoms with E-state index in [2.05, 4.69) is 152 Å². The van der Waals surface area contributed by atoms with E-state index in [0.29, 0.717) is 13.0 Å². The second-order valence-electron chi connectivity index (χ2n) is 17.0. The van der Waals surface area contributed by atoms with Gasteiger partial charge in [-0.25, -0.2) is 19.3 Å². The highest BCUT2D eigenvalue weighted by atomic mass is 19.1. The van der Waals surface area contributed by atoms with Gasteiger partial charge in [0.25, 0.3) is 0 Å². The van der Waals surface area contributed by atoms with Crippen LogP contribution in [0.3, 0.4) is 0 Å². The van der Waals surface area contributed by atoms with E-state index in [1.807, 2.05) is 47.1 Å². The molecule has 9 heterocycles. The lowest BCUT2D eigenvalue weighted by molar-refractivity contribution is 0.122. The quantitative estimate of drug-likeness (QED) is 0.164. The van der Waals surface area contributed by atoms with Gasteiger partial charge in [-0.2, -0.15) is 0 Å². The second kappa shape index (κ2) is 19.0. The molecule has 3 aliphatic rings. The number of morpholine rings is 2. The lowest BCUT2D eigenvalue weighted by Crippen LogP contribution is -2.36. The number of aryl methyl sites for hydroxylation is 2. The van der Waals surface area contributed by atoms with Crippen molar-refractivity contribution >= 4 is 34.0 Å². The predicted molar refractivity (Wildman–Crippen MR) is 259 cm³/mol. The molecule has 0 aliphatic carbocycles. The summed E-state index contributed by atoms with van der Waals surface area (Å²) in [6.07, 6.45) is 12.3. The smallest absolute Gasteiger partial charge is 0.139 e. The van der Waals surface area contributed by atoms with Crippen LogP contribution in [0.4, 0.5) is 21.5 Å². The number of alkyl halides is 1. The lowest BCUT2D eigenvalue weighted by Gasteiger charge is -2.28. The van der Waals surface area contributed by atoms with Crippen LogP contribution in [-0.4, -0.2) is 100 Å². The second-order valence-corrected chi connectivity index (χ2v) is 17.0. The number of halogens is 1. The van der Waals surface area contributed by atoms with Crippen LogP contribution in [0.25, 0.3) is 50.7 Å². The summed E-state index contributed by atoms with van der Waals surface area (Å²) in [5, 5.41) is 0. The maximum atomic E-state index is 13.3. The first-order chi connectivity index (χ1) is 31.9. The zero-order valence-electron chi connectivity index (χ0n) is 37.0. The molecular formula is C53H54FN9O2. The average Bonchev–Trinajstić information content (AvgIpc) is 4.18. The number of aromatic nitrogens is 6. The summed E-state index contributed by atoms with van der Waals surface area (Å²) in [5.74, 6) is 0. The predicted octanol–water partition coefficient (Wildman–Crippen LogP) is 9.84. The lowest BCUT2D eigenvalue weighted by atomic mass is 10.1. The molecule has 12 heteroatoms. The fourth-order valence-corrected chi connectivity index (χ4v) is 8.65. The van der Waals surface area contributed by atoms with Crippen LogP contribution in [0.1, 0.15) is 17.5 Å². The van der Waals surface area contributed by atoms with Crippen molar-refractivity contribution in [2.45, 2.75) is 26.4 Å². The summed E-state index contributed by atoms with van der Waals surface area (Å²) in [7, 11) is 0. The van der Waals surface area contributed by atoms with E-state index >= 15 is 0 Å². The van der Waals surface area contributed by atoms with E-state index in [4.69, 9.17) is 19.4 Å². The molecule has 0 N–H and O–H groups in total. The van der Waals surface area contributed by atoms with Crippen molar-refractivity contribution in [1.29, 1.82) is 0 Å². The highest BCUT2D eigenvalue weighted by Gasteiger charge is 2.22. The molecule has 3 saturated heterocycles. The van der Waals surface area contributed by atoms with Crippen LogP contribution >= 0.6 is 0 Å². The van der Waals surface area contributed by atoms with E-state index in [1.165, 1.54) is 22.5 Å². The van der Waals surface area contributed by atoms with Gasteiger partial charge in [0.15, 0.2) is 0 Å². The Morgan fingerprint density at radius 2 is 0.923 bits per heavy atom. The number of anilines is 3. The van der Waals surface area contributed by atoms with Crippen LogP contribution in [0.15, 0.2) is 152 Å². The summed E-state index contributed by atoms with van der Waals surface area (Å²) in [4.78, 5) is 21.0. The van der Waals surface area contributed by atoms with Crippen molar-refractivity contribution in [2.24, 2.45) is 0 Å². The fourth-order valence-electron chi connectivity index (χ4n) is 8.65. The summed E-state index contributed by atoms with van der Waals surface area (Å²) in [6, 6.07) is 39.8. The molecule has 65 heavy (non-hydrogen) atoms. The first-order valence-electron chi connectivity index (χ1n) is 22.6. The Labute approximate surface area is 379 Å². The van der Waals surface area contributed by atoms with E-state index in [0.717, 1.165) is 116 Å². The third kappa shape index (κ3) is 9.74. The van der Waals surface area contributed by atoms with Gasteiger partial charge in [0.1, 0.15) is 23.1 Å². The molecule has 1 atom stereocenters. The largest absolute Gasteiger partial charge is 0.378 e. The molecule has 0 amide bonds. The van der Waals surface area contributed by atoms with Crippen molar-refractivity contribution in [3.05, 3.63) is 164 Å². The highest BCUT2D eigenvalue weighted by molar-refractivity contribution is 5.68. The first-order valence-corrected chi connectivity index (χ1v) is 22.6. The number of imidazole rings is 3. The number of benzene rings is 3. The fraction of sp³-hybridized carbons (Fsp3) is 0.264. The van der Waals surface area contributed by atoms with Gasteiger partial charge in [0.2, 0.25) is 0 Å². The number of nitrogens with zero attached hydrogens (tertiary/aromatic N) is 9. The standard InChI is InChI=1S/2C18H19N3O.C17H16FN3/c1-14-2-4-15(5-3-14)17-13-21-7-6-16(12-18(21)19-17)20-8-10-22-11-9-20;1-14-3-2-4-15(11-14)17-13-21-6-5-16(12-18(21)19-17)20-7-9-22-10-8-20;18-14-6-8-20(11-14)15-7-9-21-12-16(19-17(21)10-15)13-4-2-1-3-5-13/h2-7,12-13H,8-11H2,1H3;2-6,11-13H,7-10H2,1H3;1-5,7,9-10,12,14H,6,8,11H2/t;;14-/m..0/s1. The Balaban J connectivity index is 0.000000115. The summed E-state index contributed by atoms with van der Waals surface area (Å²) >= 11 is 0. The average molecular weight is 868 g/mol. The third-order valence-electron chi connectivity index (χ3n) is 12.3. The molecule has 330 valence electrons. The molecule has 0 saturated carbocycles. The van der Waals surface area contributed by atoms with E-state index in [9.17, 15) is 4.39 Å². The number of hydrogen-bond donors (Lipinski definition) is 0. The molecule has 6 aromatic heterocycles. The monoisotopic (exact) mass is 867 g/mol. The minimum atomic E-state index is -0.708. The van der Waals surface area contributed by atoms with Crippen molar-refractivity contribution < 1.29 is 13.9 Å². The Hall–Kier alpha value is -7.02. The molecule has 3 aromatic carbocycles. The molecule has 12 rings (SSSR count). The third-order valence-corrected chi connectivity index (χ3v) is 12.3. The van der Waals surface area contributed by atoms with Crippen molar-refractivity contribution in [1.82, 2.24) is 28.2 Å². The Morgan fingerprint density at radius 3 is 1.40 bits per heavy atom. The normalized spacial score (nSPS) is 16.4. The van der Waals surface area contributed by atoms with E-state index in [-0.39, 0.29) is 0 Å². The molecule has 0 radical (unpaired) electrons. The number of pyridine rings is 3. The first kappa shape index (κ1) is 42.0. The van der Waals surface area contributed by atoms with Gasteiger partial charge in [-0.15, -0.1) is 0 Å². The molecule has 0 unspecified atom stereocenters. The zero-order chi connectivity index (χ0) is 44.1. The van der Waals surface area contributed by atoms with Gasteiger partial charge in [0, 0.05) is 128 Å². The molecule has 9 aromatic rings. The van der Waals surface area contributed by atoms with Gasteiger partial charge in [-0.1, -0.05) is 83.9 Å². The van der Waals surface area contributed by atoms with Crippen LogP contribution < -0.4 is 14.7 Å². The minimum Gasteiger partial charge on any atom is -0.378 e. The van der Waals surface area contributed by atoms with Gasteiger partial charge in [-0.05, 0) is 44.5 Å². The van der Waals surface area contributed by atoms with E-state index < -0.39 is 6.17 Å². The molecule has 3 aliphatic heterocycles. The minimum absolute atomic E-state index is 0.489. The molecule has 0 spiro atoms. The molecule has 3 fully saturated rings.